The van der Waals surface area contributed by atoms with Gasteiger partial charge in [0.2, 0.25) is 0 Å². The summed E-state index contributed by atoms with van der Waals surface area (Å²) in [6.07, 6.45) is 3.51. The van der Waals surface area contributed by atoms with Crippen molar-refractivity contribution in [1.29, 1.82) is 0 Å². The summed E-state index contributed by atoms with van der Waals surface area (Å²) < 4.78 is 41.6. The molecule has 0 aliphatic carbocycles. The molecule has 1 fully saturated rings. The largest absolute Gasteiger partial charge is 0.493 e. The molecule has 1 aliphatic heterocycles. The van der Waals surface area contributed by atoms with E-state index in [1.165, 1.54) is 18.5 Å². The molecule has 2 unspecified atom stereocenters. The van der Waals surface area contributed by atoms with Crippen molar-refractivity contribution >= 4 is 0 Å². The second-order valence-electron chi connectivity index (χ2n) is 7.22. The molecular formula is C21H21F2N3O2. The van der Waals surface area contributed by atoms with Crippen LogP contribution in [0.3, 0.4) is 0 Å². The van der Waals surface area contributed by atoms with Crippen molar-refractivity contribution in [3.63, 3.8) is 0 Å². The lowest BCUT2D eigenvalue weighted by Gasteiger charge is -2.29. The standard InChI is InChI=1S/C21H21F2N3O2/c1-15-2-5-18(6-3-15)27-10-16-9-21(28-11-16,12-26-14-24-13-25-26)19-7-4-17(22)8-20(19)23/h2-8,13-14,16H,9-12H2,1H3. The molecule has 2 heterocycles. The molecule has 146 valence electrons. The Morgan fingerprint density at radius 2 is 2.04 bits per heavy atom. The van der Waals surface area contributed by atoms with Gasteiger partial charge in [-0.2, -0.15) is 5.10 Å². The third-order valence-electron chi connectivity index (χ3n) is 5.03. The zero-order chi connectivity index (χ0) is 19.6. The van der Waals surface area contributed by atoms with Crippen molar-refractivity contribution in [3.05, 3.63) is 77.9 Å². The molecule has 2 atom stereocenters. The van der Waals surface area contributed by atoms with Crippen molar-refractivity contribution in [2.45, 2.75) is 25.5 Å². The fourth-order valence-electron chi connectivity index (χ4n) is 3.64. The fourth-order valence-corrected chi connectivity index (χ4v) is 3.64. The maximum absolute atomic E-state index is 14.6. The maximum atomic E-state index is 14.6. The van der Waals surface area contributed by atoms with Gasteiger partial charge in [0.1, 0.15) is 35.6 Å². The van der Waals surface area contributed by atoms with Crippen LogP contribution in [-0.4, -0.2) is 28.0 Å². The number of aryl methyl sites for hydroxylation is 1. The second-order valence-corrected chi connectivity index (χ2v) is 7.22. The SMILES string of the molecule is Cc1ccc(OCC2COC(Cn3cncn3)(c3ccc(F)cc3F)C2)cc1. The van der Waals surface area contributed by atoms with Crippen molar-refractivity contribution in [2.24, 2.45) is 5.92 Å². The summed E-state index contributed by atoms with van der Waals surface area (Å²) in [6, 6.07) is 11.4. The zero-order valence-corrected chi connectivity index (χ0v) is 15.5. The van der Waals surface area contributed by atoms with E-state index in [0.29, 0.717) is 25.2 Å². The Labute approximate surface area is 161 Å². The average Bonchev–Trinajstić information content (AvgIpc) is 3.32. The van der Waals surface area contributed by atoms with E-state index in [-0.39, 0.29) is 12.5 Å². The number of hydrogen-bond donors (Lipinski definition) is 0. The van der Waals surface area contributed by atoms with Crippen LogP contribution >= 0.6 is 0 Å². The third-order valence-corrected chi connectivity index (χ3v) is 5.03. The van der Waals surface area contributed by atoms with E-state index < -0.39 is 17.2 Å². The van der Waals surface area contributed by atoms with Crippen molar-refractivity contribution < 1.29 is 18.3 Å². The van der Waals surface area contributed by atoms with Gasteiger partial charge in [0.15, 0.2) is 0 Å². The molecule has 3 aromatic rings. The Bertz CT molecular complexity index is 931. The summed E-state index contributed by atoms with van der Waals surface area (Å²) >= 11 is 0. The molecule has 0 N–H and O–H groups in total. The summed E-state index contributed by atoms with van der Waals surface area (Å²) in [5.74, 6) is -0.392. The monoisotopic (exact) mass is 385 g/mol. The molecule has 1 saturated heterocycles. The van der Waals surface area contributed by atoms with Crippen molar-refractivity contribution in [3.8, 4) is 5.75 Å². The highest BCUT2D eigenvalue weighted by molar-refractivity contribution is 5.28. The molecule has 7 heteroatoms. The van der Waals surface area contributed by atoms with Gasteiger partial charge >= 0.3 is 0 Å². The highest BCUT2D eigenvalue weighted by Crippen LogP contribution is 2.42. The van der Waals surface area contributed by atoms with E-state index in [2.05, 4.69) is 10.1 Å². The topological polar surface area (TPSA) is 49.2 Å². The maximum Gasteiger partial charge on any atom is 0.137 e. The molecular weight excluding hydrogens is 364 g/mol. The lowest BCUT2D eigenvalue weighted by atomic mass is 9.87. The smallest absolute Gasteiger partial charge is 0.137 e. The minimum atomic E-state index is -0.952. The van der Waals surface area contributed by atoms with Gasteiger partial charge in [-0.05, 0) is 31.5 Å². The molecule has 5 nitrogen and oxygen atoms in total. The van der Waals surface area contributed by atoms with Crippen LogP contribution in [0.15, 0.2) is 55.1 Å². The fraction of sp³-hybridized carbons (Fsp3) is 0.333. The van der Waals surface area contributed by atoms with E-state index in [0.717, 1.165) is 17.4 Å². The minimum absolute atomic E-state index is 0.0641. The Kier molecular flexibility index (Phi) is 5.09. The van der Waals surface area contributed by atoms with Gasteiger partial charge in [0.25, 0.3) is 0 Å². The van der Waals surface area contributed by atoms with Crippen LogP contribution in [-0.2, 0) is 16.9 Å². The number of rotatable bonds is 6. The first-order valence-electron chi connectivity index (χ1n) is 9.15. The van der Waals surface area contributed by atoms with Gasteiger partial charge in [-0.25, -0.2) is 18.4 Å². The molecule has 0 spiro atoms. The van der Waals surface area contributed by atoms with Crippen LogP contribution < -0.4 is 4.74 Å². The number of hydrogen-bond acceptors (Lipinski definition) is 4. The molecule has 0 bridgehead atoms. The molecule has 0 saturated carbocycles. The Hall–Kier alpha value is -2.80. The average molecular weight is 385 g/mol. The van der Waals surface area contributed by atoms with Crippen LogP contribution in [0.25, 0.3) is 0 Å². The van der Waals surface area contributed by atoms with Crippen LogP contribution in [0, 0.1) is 24.5 Å². The van der Waals surface area contributed by atoms with Crippen LogP contribution in [0.2, 0.25) is 0 Å². The Morgan fingerprint density at radius 3 is 2.75 bits per heavy atom. The Balaban J connectivity index is 1.54. The van der Waals surface area contributed by atoms with E-state index in [4.69, 9.17) is 9.47 Å². The first kappa shape index (κ1) is 18.6. The van der Waals surface area contributed by atoms with E-state index >= 15 is 0 Å². The number of nitrogens with zero attached hydrogens (tertiary/aromatic N) is 3. The van der Waals surface area contributed by atoms with Crippen LogP contribution in [0.4, 0.5) is 8.78 Å². The number of benzene rings is 2. The first-order valence-corrected chi connectivity index (χ1v) is 9.15. The van der Waals surface area contributed by atoms with E-state index in [9.17, 15) is 8.78 Å². The van der Waals surface area contributed by atoms with Gasteiger partial charge in [-0.1, -0.05) is 23.8 Å². The molecule has 2 aromatic carbocycles. The summed E-state index contributed by atoms with van der Waals surface area (Å²) in [5.41, 5.74) is 0.532. The minimum Gasteiger partial charge on any atom is -0.493 e. The number of aromatic nitrogens is 3. The van der Waals surface area contributed by atoms with Gasteiger partial charge in [-0.3, -0.25) is 0 Å². The molecule has 28 heavy (non-hydrogen) atoms. The van der Waals surface area contributed by atoms with Gasteiger partial charge in [0, 0.05) is 17.5 Å². The zero-order valence-electron chi connectivity index (χ0n) is 15.5. The molecule has 4 rings (SSSR count). The highest BCUT2D eigenvalue weighted by atomic mass is 19.1. The molecule has 0 radical (unpaired) electrons. The highest BCUT2D eigenvalue weighted by Gasteiger charge is 2.44. The van der Waals surface area contributed by atoms with Crippen LogP contribution in [0.1, 0.15) is 17.5 Å². The summed E-state index contributed by atoms with van der Waals surface area (Å²) in [7, 11) is 0. The van der Waals surface area contributed by atoms with Gasteiger partial charge < -0.3 is 9.47 Å². The molecule has 0 amide bonds. The molecule has 1 aliphatic rings. The second kappa shape index (κ2) is 7.67. The first-order chi connectivity index (χ1) is 13.5. The summed E-state index contributed by atoms with van der Waals surface area (Å²) in [4.78, 5) is 3.95. The van der Waals surface area contributed by atoms with Crippen molar-refractivity contribution in [2.75, 3.05) is 13.2 Å². The quantitative estimate of drug-likeness (QED) is 0.646. The number of ether oxygens (including phenoxy) is 2. The summed E-state index contributed by atoms with van der Waals surface area (Å²) in [5, 5.41) is 4.12. The lowest BCUT2D eigenvalue weighted by Crippen LogP contribution is -2.32. The third kappa shape index (κ3) is 3.89. The summed E-state index contributed by atoms with van der Waals surface area (Å²) in [6.45, 7) is 3.17. The normalized spacial score (nSPS) is 21.8. The predicted molar refractivity (Wildman–Crippen MR) is 98.8 cm³/mol. The van der Waals surface area contributed by atoms with Crippen molar-refractivity contribution in [1.82, 2.24) is 14.8 Å². The number of halogens is 2. The van der Waals surface area contributed by atoms with E-state index in [1.54, 1.807) is 11.0 Å². The van der Waals surface area contributed by atoms with Gasteiger partial charge in [0.05, 0.1) is 19.8 Å². The van der Waals surface area contributed by atoms with E-state index in [1.807, 2.05) is 31.2 Å². The lowest BCUT2D eigenvalue weighted by molar-refractivity contribution is -0.0206. The molecule has 1 aromatic heterocycles. The predicted octanol–water partition coefficient (Wildman–Crippen LogP) is 3.88. The van der Waals surface area contributed by atoms with Crippen LogP contribution in [0.5, 0.6) is 5.75 Å². The van der Waals surface area contributed by atoms with Gasteiger partial charge in [-0.15, -0.1) is 0 Å². The Morgan fingerprint density at radius 1 is 1.21 bits per heavy atom.